The molecule has 0 aliphatic carbocycles. The summed E-state index contributed by atoms with van der Waals surface area (Å²) in [6.07, 6.45) is 0.191. The Hall–Kier alpha value is -4.10. The third-order valence-electron chi connectivity index (χ3n) is 6.03. The average Bonchev–Trinajstić information content (AvgIpc) is 3.29. The topological polar surface area (TPSA) is 138 Å². The lowest BCUT2D eigenvalue weighted by Crippen LogP contribution is -2.50. The van der Waals surface area contributed by atoms with Crippen LogP contribution in [0.4, 0.5) is 24.4 Å². The molecule has 0 radical (unpaired) electrons. The first-order chi connectivity index (χ1) is 17.8. The third-order valence-corrected chi connectivity index (χ3v) is 7.31. The first-order valence-electron chi connectivity index (χ1n) is 11.0. The first-order valence-corrected chi connectivity index (χ1v) is 12.2. The van der Waals surface area contributed by atoms with E-state index in [1.54, 1.807) is 0 Å². The maximum absolute atomic E-state index is 16.1. The predicted molar refractivity (Wildman–Crippen MR) is 136 cm³/mol. The van der Waals surface area contributed by atoms with Crippen LogP contribution in [0, 0.1) is 34.3 Å². The second-order valence-corrected chi connectivity index (χ2v) is 9.66. The van der Waals surface area contributed by atoms with Gasteiger partial charge in [0, 0.05) is 48.4 Å². The zero-order chi connectivity index (χ0) is 26.3. The van der Waals surface area contributed by atoms with Crippen molar-refractivity contribution in [2.24, 2.45) is 0 Å². The number of thiazole rings is 1. The number of amides is 1. The van der Waals surface area contributed by atoms with Gasteiger partial charge in [-0.3, -0.25) is 10.3 Å². The first kappa shape index (κ1) is 24.6. The van der Waals surface area contributed by atoms with E-state index in [2.05, 4.69) is 32.7 Å². The van der Waals surface area contributed by atoms with Gasteiger partial charge in [-0.15, -0.1) is 0 Å². The maximum Gasteiger partial charge on any atom is 0.410 e. The number of halogens is 3. The van der Waals surface area contributed by atoms with Gasteiger partial charge in [0.15, 0.2) is 10.9 Å². The van der Waals surface area contributed by atoms with Crippen LogP contribution in [-0.2, 0) is 0 Å². The SMILES string of the molecule is N#CC[C@H]1CN(c2c(C#N)cnc3c(F)c(-c4ccc(F)c5sc(NC(=O)O)nc45)c(Cl)cc23)CCN1. The molecule has 0 bridgehead atoms. The molecular formula is C24H16ClF2N7O2S. The predicted octanol–water partition coefficient (Wildman–Crippen LogP) is 5.10. The van der Waals surface area contributed by atoms with Crippen LogP contribution >= 0.6 is 22.9 Å². The number of piperazine rings is 1. The van der Waals surface area contributed by atoms with Crippen molar-refractivity contribution in [3.63, 3.8) is 0 Å². The molecule has 1 amide bonds. The molecule has 9 nitrogen and oxygen atoms in total. The molecule has 0 spiro atoms. The Labute approximate surface area is 217 Å². The van der Waals surface area contributed by atoms with Gasteiger partial charge >= 0.3 is 6.09 Å². The quantitative estimate of drug-likeness (QED) is 0.326. The van der Waals surface area contributed by atoms with Crippen LogP contribution in [0.3, 0.4) is 0 Å². The molecule has 4 aromatic rings. The summed E-state index contributed by atoms with van der Waals surface area (Å²) in [6, 6.07) is 8.08. The second-order valence-electron chi connectivity index (χ2n) is 8.26. The van der Waals surface area contributed by atoms with Crippen LogP contribution in [0.15, 0.2) is 24.4 Å². The summed E-state index contributed by atoms with van der Waals surface area (Å²) in [5.41, 5.74) is 0.803. The van der Waals surface area contributed by atoms with Gasteiger partial charge in [0.1, 0.15) is 17.4 Å². The van der Waals surface area contributed by atoms with E-state index in [1.165, 1.54) is 18.3 Å². The van der Waals surface area contributed by atoms with Gasteiger partial charge in [-0.1, -0.05) is 22.9 Å². The molecule has 1 atom stereocenters. The Balaban J connectivity index is 1.71. The molecule has 0 unspecified atom stereocenters. The minimum absolute atomic E-state index is 0.0134. The Morgan fingerprint density at radius 3 is 2.89 bits per heavy atom. The second kappa shape index (κ2) is 9.75. The highest BCUT2D eigenvalue weighted by molar-refractivity contribution is 7.22. The normalized spacial score (nSPS) is 15.5. The zero-order valence-electron chi connectivity index (χ0n) is 18.8. The van der Waals surface area contributed by atoms with E-state index in [-0.39, 0.29) is 55.0 Å². The molecule has 3 heterocycles. The van der Waals surface area contributed by atoms with Crippen LogP contribution in [0.2, 0.25) is 5.02 Å². The number of carboxylic acid groups (broad SMARTS) is 1. The van der Waals surface area contributed by atoms with Crippen LogP contribution in [-0.4, -0.2) is 46.8 Å². The summed E-state index contributed by atoms with van der Waals surface area (Å²) >= 11 is 7.38. The van der Waals surface area contributed by atoms with Gasteiger partial charge in [-0.05, 0) is 18.2 Å². The van der Waals surface area contributed by atoms with Crippen LogP contribution in [0.25, 0.3) is 32.2 Å². The number of nitriles is 2. The van der Waals surface area contributed by atoms with Crippen molar-refractivity contribution >= 4 is 61.0 Å². The Bertz CT molecular complexity index is 1660. The van der Waals surface area contributed by atoms with Gasteiger partial charge in [-0.25, -0.2) is 18.6 Å². The van der Waals surface area contributed by atoms with E-state index in [0.717, 1.165) is 17.4 Å². The summed E-state index contributed by atoms with van der Waals surface area (Å²) in [5, 5.41) is 33.4. The standard InChI is InChI=1S/C24H16ClF2N7O2S/c25-15-7-14-19(31-9-11(8-29)21(14)34-6-5-30-12(10-34)3-4-28)18(27)17(15)13-1-2-16(26)22-20(13)32-23(37-22)33-24(35)36/h1-2,7,9,12,30H,3,5-6,10H2,(H,32,33)(H,35,36)/t12-/m0/s1. The lowest BCUT2D eigenvalue weighted by atomic mass is 9.99. The molecule has 0 saturated carbocycles. The molecule has 3 N–H and O–H groups in total. The average molecular weight is 540 g/mol. The molecule has 1 aliphatic rings. The molecular weight excluding hydrogens is 524 g/mol. The van der Waals surface area contributed by atoms with E-state index < -0.39 is 17.7 Å². The summed E-state index contributed by atoms with van der Waals surface area (Å²) in [4.78, 5) is 21.3. The van der Waals surface area contributed by atoms with Crippen molar-refractivity contribution in [2.75, 3.05) is 29.9 Å². The monoisotopic (exact) mass is 539 g/mol. The highest BCUT2D eigenvalue weighted by atomic mass is 35.5. The molecule has 1 aliphatic heterocycles. The highest BCUT2D eigenvalue weighted by Gasteiger charge is 2.27. The lowest BCUT2D eigenvalue weighted by Gasteiger charge is -2.35. The molecule has 1 fully saturated rings. The van der Waals surface area contributed by atoms with E-state index >= 15 is 4.39 Å². The maximum atomic E-state index is 16.1. The van der Waals surface area contributed by atoms with E-state index in [1.807, 2.05) is 4.90 Å². The van der Waals surface area contributed by atoms with E-state index in [9.17, 15) is 14.4 Å². The number of pyridine rings is 1. The molecule has 2 aromatic carbocycles. The molecule has 37 heavy (non-hydrogen) atoms. The largest absolute Gasteiger partial charge is 0.465 e. The van der Waals surface area contributed by atoms with Gasteiger partial charge in [0.25, 0.3) is 0 Å². The van der Waals surface area contributed by atoms with Gasteiger partial charge in [0.05, 0.1) is 39.0 Å². The van der Waals surface area contributed by atoms with Crippen molar-refractivity contribution in [3.05, 3.63) is 46.6 Å². The van der Waals surface area contributed by atoms with Crippen molar-refractivity contribution in [1.82, 2.24) is 15.3 Å². The van der Waals surface area contributed by atoms with E-state index in [0.29, 0.717) is 30.7 Å². The minimum atomic E-state index is -1.37. The smallest absolute Gasteiger partial charge is 0.410 e. The molecule has 186 valence electrons. The molecule has 5 rings (SSSR count). The van der Waals surface area contributed by atoms with Crippen LogP contribution in [0.5, 0.6) is 0 Å². The van der Waals surface area contributed by atoms with Crippen molar-refractivity contribution in [2.45, 2.75) is 12.5 Å². The fourth-order valence-electron chi connectivity index (χ4n) is 4.52. The molecule has 1 saturated heterocycles. The van der Waals surface area contributed by atoms with Gasteiger partial charge in [0.2, 0.25) is 0 Å². The zero-order valence-corrected chi connectivity index (χ0v) is 20.4. The summed E-state index contributed by atoms with van der Waals surface area (Å²) in [7, 11) is 0. The van der Waals surface area contributed by atoms with Gasteiger partial charge < -0.3 is 15.3 Å². The number of nitrogens with one attached hydrogen (secondary N) is 2. The lowest BCUT2D eigenvalue weighted by molar-refractivity contribution is 0.209. The van der Waals surface area contributed by atoms with Crippen LogP contribution in [0.1, 0.15) is 12.0 Å². The van der Waals surface area contributed by atoms with Gasteiger partial charge in [-0.2, -0.15) is 10.5 Å². The Morgan fingerprint density at radius 2 is 2.16 bits per heavy atom. The summed E-state index contributed by atoms with van der Waals surface area (Å²) in [6.45, 7) is 1.52. The van der Waals surface area contributed by atoms with Crippen LogP contribution < -0.4 is 15.5 Å². The minimum Gasteiger partial charge on any atom is -0.465 e. The van der Waals surface area contributed by atoms with Crippen molar-refractivity contribution in [1.29, 1.82) is 10.5 Å². The number of benzene rings is 2. The number of rotatable bonds is 4. The number of carbonyl (C=O) groups is 1. The summed E-state index contributed by atoms with van der Waals surface area (Å²) < 4.78 is 30.7. The molecule has 2 aromatic heterocycles. The Morgan fingerprint density at radius 1 is 1.35 bits per heavy atom. The van der Waals surface area contributed by atoms with Crippen molar-refractivity contribution in [3.8, 4) is 23.3 Å². The third kappa shape index (κ3) is 4.36. The number of hydrogen-bond acceptors (Lipinski definition) is 8. The number of anilines is 2. The number of nitrogens with zero attached hydrogens (tertiary/aromatic N) is 5. The highest BCUT2D eigenvalue weighted by Crippen LogP contribution is 2.43. The van der Waals surface area contributed by atoms with Crippen molar-refractivity contribution < 1.29 is 18.7 Å². The number of aromatic nitrogens is 2. The van der Waals surface area contributed by atoms with E-state index in [4.69, 9.17) is 22.0 Å². The number of fused-ring (bicyclic) bond motifs is 2. The Kier molecular flexibility index (Phi) is 6.48. The molecule has 13 heteroatoms. The fourth-order valence-corrected chi connectivity index (χ4v) is 5.70. The fraction of sp³-hybridized carbons (Fsp3) is 0.208. The number of hydrogen-bond donors (Lipinski definition) is 3. The summed E-state index contributed by atoms with van der Waals surface area (Å²) in [5.74, 6) is -1.43.